The van der Waals surface area contributed by atoms with E-state index in [0.717, 1.165) is 23.8 Å². The van der Waals surface area contributed by atoms with Crippen LogP contribution in [-0.4, -0.2) is 21.0 Å². The normalized spacial score (nSPS) is 13.6. The van der Waals surface area contributed by atoms with Crippen molar-refractivity contribution in [3.05, 3.63) is 71.5 Å². The molecule has 1 heterocycles. The zero-order valence-electron chi connectivity index (χ0n) is 14.8. The average Bonchev–Trinajstić information content (AvgIpc) is 2.73. The van der Waals surface area contributed by atoms with E-state index in [1.165, 1.54) is 52.5 Å². The Morgan fingerprint density at radius 2 is 1.56 bits per heavy atom. The topological polar surface area (TPSA) is 63.1 Å². The monoisotopic (exact) mass is 354 g/mol. The Morgan fingerprint density at radius 3 is 2.33 bits per heavy atom. The van der Waals surface area contributed by atoms with Crippen LogP contribution >= 0.6 is 0 Å². The largest absolute Gasteiger partial charge is 0.478 e. The second-order valence-corrected chi connectivity index (χ2v) is 7.08. The lowest BCUT2D eigenvalue weighted by Crippen LogP contribution is -2.04. The number of carboxylic acid groups (broad SMARTS) is 1. The number of hydrogen-bond acceptors (Lipinski definition) is 3. The van der Waals surface area contributed by atoms with E-state index in [0.29, 0.717) is 5.82 Å². The zero-order chi connectivity index (χ0) is 18.4. The third-order valence-electron chi connectivity index (χ3n) is 5.51. The summed E-state index contributed by atoms with van der Waals surface area (Å²) in [4.78, 5) is 19.8. The molecule has 0 spiro atoms. The van der Waals surface area contributed by atoms with Gasteiger partial charge in [-0.15, -0.1) is 0 Å². The van der Waals surface area contributed by atoms with Gasteiger partial charge in [-0.2, -0.15) is 0 Å². The first-order chi connectivity index (χ1) is 13.2. The van der Waals surface area contributed by atoms with Crippen molar-refractivity contribution < 1.29 is 9.90 Å². The highest BCUT2D eigenvalue weighted by Crippen LogP contribution is 2.37. The third kappa shape index (κ3) is 2.56. The molecule has 1 aromatic heterocycles. The molecular formula is C23H18N2O2. The van der Waals surface area contributed by atoms with Gasteiger partial charge in [0.05, 0.1) is 5.56 Å². The number of hydrogen-bond donors (Lipinski definition) is 1. The van der Waals surface area contributed by atoms with Gasteiger partial charge >= 0.3 is 5.97 Å². The number of carbonyl (C=O) groups is 1. The van der Waals surface area contributed by atoms with Gasteiger partial charge in [-0.3, -0.25) is 0 Å². The quantitative estimate of drug-likeness (QED) is 0.513. The minimum atomic E-state index is -1.01. The van der Waals surface area contributed by atoms with Crippen molar-refractivity contribution in [2.75, 3.05) is 0 Å². The van der Waals surface area contributed by atoms with Gasteiger partial charge in [0.1, 0.15) is 0 Å². The van der Waals surface area contributed by atoms with Gasteiger partial charge < -0.3 is 5.11 Å². The maximum absolute atomic E-state index is 11.1. The van der Waals surface area contributed by atoms with E-state index in [9.17, 15) is 4.79 Å². The molecule has 0 atom stereocenters. The van der Waals surface area contributed by atoms with Crippen LogP contribution in [0.3, 0.4) is 0 Å². The number of fused-ring (bicyclic) bond motifs is 5. The first kappa shape index (κ1) is 15.9. The van der Waals surface area contributed by atoms with E-state index in [4.69, 9.17) is 5.11 Å². The SMILES string of the molecule is O=C(O)c1cnc(-c2cc3c4c(ccc3c3ccccc23)CCCC4)nc1. The third-order valence-corrected chi connectivity index (χ3v) is 5.51. The molecule has 3 aromatic carbocycles. The fraction of sp³-hybridized carbons (Fsp3) is 0.174. The molecule has 0 bridgehead atoms. The highest BCUT2D eigenvalue weighted by molar-refractivity contribution is 6.14. The van der Waals surface area contributed by atoms with E-state index >= 15 is 0 Å². The second kappa shape index (κ2) is 6.16. The van der Waals surface area contributed by atoms with Crippen LogP contribution in [0.25, 0.3) is 32.9 Å². The van der Waals surface area contributed by atoms with Crippen molar-refractivity contribution >= 4 is 27.5 Å². The van der Waals surface area contributed by atoms with E-state index < -0.39 is 5.97 Å². The van der Waals surface area contributed by atoms with E-state index in [-0.39, 0.29) is 5.56 Å². The number of rotatable bonds is 2. The van der Waals surface area contributed by atoms with Gasteiger partial charge in [-0.1, -0.05) is 36.4 Å². The predicted molar refractivity (Wildman–Crippen MR) is 106 cm³/mol. The minimum absolute atomic E-state index is 0.0984. The van der Waals surface area contributed by atoms with Crippen molar-refractivity contribution in [1.82, 2.24) is 9.97 Å². The van der Waals surface area contributed by atoms with Crippen molar-refractivity contribution in [2.45, 2.75) is 25.7 Å². The summed E-state index contributed by atoms with van der Waals surface area (Å²) in [7, 11) is 0. The average molecular weight is 354 g/mol. The Hall–Kier alpha value is -3.27. The van der Waals surface area contributed by atoms with Crippen LogP contribution in [-0.2, 0) is 12.8 Å². The van der Waals surface area contributed by atoms with Crippen LogP contribution in [0, 0.1) is 0 Å². The van der Waals surface area contributed by atoms with Crippen LogP contribution in [0.5, 0.6) is 0 Å². The fourth-order valence-electron chi connectivity index (χ4n) is 4.19. The molecule has 4 heteroatoms. The Morgan fingerprint density at radius 1 is 0.852 bits per heavy atom. The maximum atomic E-state index is 11.1. The second-order valence-electron chi connectivity index (χ2n) is 7.08. The Balaban J connectivity index is 1.83. The van der Waals surface area contributed by atoms with Crippen molar-refractivity contribution in [3.8, 4) is 11.4 Å². The molecule has 0 aliphatic heterocycles. The molecule has 0 saturated heterocycles. The van der Waals surface area contributed by atoms with Crippen LogP contribution in [0.1, 0.15) is 34.3 Å². The first-order valence-electron chi connectivity index (χ1n) is 9.24. The summed E-state index contributed by atoms with van der Waals surface area (Å²) < 4.78 is 0. The molecule has 1 aliphatic carbocycles. The Labute approximate surface area is 156 Å². The number of aromatic nitrogens is 2. The highest BCUT2D eigenvalue weighted by Gasteiger charge is 2.17. The standard InChI is InChI=1S/C23H18N2O2/c26-23(27)15-12-24-22(25-13-15)21-11-20-16-6-2-1-5-14(16)9-10-19(20)17-7-3-4-8-18(17)21/h3-4,7-13H,1-2,5-6H2,(H,26,27). The minimum Gasteiger partial charge on any atom is -0.478 e. The van der Waals surface area contributed by atoms with Crippen LogP contribution in [0.2, 0.25) is 0 Å². The molecule has 0 radical (unpaired) electrons. The summed E-state index contributed by atoms with van der Waals surface area (Å²) in [5.74, 6) is -0.453. The number of carboxylic acids is 1. The van der Waals surface area contributed by atoms with Crippen molar-refractivity contribution in [3.63, 3.8) is 0 Å². The van der Waals surface area contributed by atoms with E-state index in [1.54, 1.807) is 0 Å². The highest BCUT2D eigenvalue weighted by atomic mass is 16.4. The zero-order valence-corrected chi connectivity index (χ0v) is 14.8. The Bertz CT molecular complexity index is 1200. The molecule has 1 N–H and O–H groups in total. The number of aryl methyl sites for hydroxylation is 2. The molecule has 5 rings (SSSR count). The van der Waals surface area contributed by atoms with E-state index in [1.807, 2.05) is 6.07 Å². The summed E-state index contributed by atoms with van der Waals surface area (Å²) in [6, 6.07) is 15.0. The molecule has 27 heavy (non-hydrogen) atoms. The summed E-state index contributed by atoms with van der Waals surface area (Å²) >= 11 is 0. The van der Waals surface area contributed by atoms with Gasteiger partial charge in [0, 0.05) is 18.0 Å². The molecule has 4 aromatic rings. The number of benzene rings is 3. The molecule has 1 aliphatic rings. The van der Waals surface area contributed by atoms with Gasteiger partial charge in [-0.25, -0.2) is 14.8 Å². The summed E-state index contributed by atoms with van der Waals surface area (Å²) in [6.07, 6.45) is 7.46. The molecule has 0 unspecified atom stereocenters. The fourth-order valence-corrected chi connectivity index (χ4v) is 4.19. The number of nitrogens with zero attached hydrogens (tertiary/aromatic N) is 2. The van der Waals surface area contributed by atoms with Gasteiger partial charge in [0.15, 0.2) is 5.82 Å². The lowest BCUT2D eigenvalue weighted by atomic mass is 9.85. The van der Waals surface area contributed by atoms with Gasteiger partial charge in [-0.05, 0) is 64.4 Å². The lowest BCUT2D eigenvalue weighted by Gasteiger charge is -2.20. The van der Waals surface area contributed by atoms with Crippen LogP contribution in [0.4, 0.5) is 0 Å². The number of aromatic carboxylic acids is 1. The van der Waals surface area contributed by atoms with E-state index in [2.05, 4.69) is 46.4 Å². The van der Waals surface area contributed by atoms with Crippen LogP contribution in [0.15, 0.2) is 54.9 Å². The molecule has 132 valence electrons. The lowest BCUT2D eigenvalue weighted by molar-refractivity contribution is 0.0696. The molecule has 4 nitrogen and oxygen atoms in total. The van der Waals surface area contributed by atoms with Crippen molar-refractivity contribution in [2.24, 2.45) is 0 Å². The van der Waals surface area contributed by atoms with Gasteiger partial charge in [0.25, 0.3) is 0 Å². The summed E-state index contributed by atoms with van der Waals surface area (Å²) in [5.41, 5.74) is 3.93. The first-order valence-corrected chi connectivity index (χ1v) is 9.24. The molecule has 0 amide bonds. The Kier molecular flexibility index (Phi) is 3.64. The summed E-state index contributed by atoms with van der Waals surface area (Å²) in [6.45, 7) is 0. The van der Waals surface area contributed by atoms with Crippen LogP contribution < -0.4 is 0 Å². The van der Waals surface area contributed by atoms with Gasteiger partial charge in [0.2, 0.25) is 0 Å². The molecule has 0 fully saturated rings. The predicted octanol–water partition coefficient (Wildman–Crippen LogP) is 5.03. The molecule has 0 saturated carbocycles. The maximum Gasteiger partial charge on any atom is 0.338 e. The smallest absolute Gasteiger partial charge is 0.338 e. The summed E-state index contributed by atoms with van der Waals surface area (Å²) in [5, 5.41) is 13.9. The molecular weight excluding hydrogens is 336 g/mol. The van der Waals surface area contributed by atoms with Crippen molar-refractivity contribution in [1.29, 1.82) is 0 Å².